The maximum atomic E-state index is 14.3. The van der Waals surface area contributed by atoms with Gasteiger partial charge in [-0.1, -0.05) is 42.3 Å². The van der Waals surface area contributed by atoms with Gasteiger partial charge in [0, 0.05) is 37.6 Å². The van der Waals surface area contributed by atoms with E-state index in [9.17, 15) is 9.59 Å². The molecule has 212 valence electrons. The molecule has 0 aliphatic carbocycles. The van der Waals surface area contributed by atoms with E-state index in [4.69, 9.17) is 5.73 Å². The molecule has 42 heavy (non-hydrogen) atoms. The normalized spacial score (nSPS) is 11.5. The lowest BCUT2D eigenvalue weighted by atomic mass is 10.0. The SMILES string of the molecule is C=CCNc1c(C(=O)NC(C)c2cc3cccc(C#Cc4cnc(C)n4C)c3c(=O)n2-c2ccccc2)c(N)nn1C. The van der Waals surface area contributed by atoms with Gasteiger partial charge in [-0.15, -0.1) is 6.58 Å². The van der Waals surface area contributed by atoms with Crippen LogP contribution in [0.1, 0.15) is 46.1 Å². The fourth-order valence-corrected chi connectivity index (χ4v) is 4.88. The number of para-hydroxylation sites is 1. The van der Waals surface area contributed by atoms with Crippen molar-refractivity contribution in [3.63, 3.8) is 0 Å². The number of amides is 1. The van der Waals surface area contributed by atoms with Crippen molar-refractivity contribution in [2.24, 2.45) is 14.1 Å². The van der Waals surface area contributed by atoms with Gasteiger partial charge in [0.1, 0.15) is 22.9 Å². The van der Waals surface area contributed by atoms with E-state index in [1.54, 1.807) is 23.9 Å². The number of pyridine rings is 1. The van der Waals surface area contributed by atoms with Gasteiger partial charge in [0.05, 0.1) is 17.6 Å². The number of carbonyl (C=O) groups excluding carboxylic acids is 1. The Morgan fingerprint density at radius 2 is 1.90 bits per heavy atom. The Hall–Kier alpha value is -5.56. The smallest absolute Gasteiger partial charge is 0.264 e. The highest BCUT2D eigenvalue weighted by Crippen LogP contribution is 2.26. The third-order valence-electron chi connectivity index (χ3n) is 7.14. The molecular weight excluding hydrogens is 528 g/mol. The molecule has 0 fully saturated rings. The standard InChI is InChI=1S/C32H32N8O2/c1-6-17-34-30-28(29(33)37-39(30)5)31(41)36-20(2)26-18-23-12-10-11-22(15-16-25-19-35-21(3)38(25)4)27(23)32(42)40(26)24-13-8-7-9-14-24/h6-14,18-20,34H,1,17H2,2-5H3,(H2,33,37)(H,36,41). The number of carbonyl (C=O) groups is 1. The van der Waals surface area contributed by atoms with Crippen molar-refractivity contribution in [1.82, 2.24) is 29.2 Å². The Balaban J connectivity index is 1.62. The van der Waals surface area contributed by atoms with E-state index < -0.39 is 11.9 Å². The van der Waals surface area contributed by atoms with E-state index in [0.29, 0.717) is 40.1 Å². The van der Waals surface area contributed by atoms with Crippen LogP contribution in [0.3, 0.4) is 0 Å². The summed E-state index contributed by atoms with van der Waals surface area (Å²) in [4.78, 5) is 32.1. The van der Waals surface area contributed by atoms with Crippen molar-refractivity contribution >= 4 is 28.3 Å². The minimum absolute atomic E-state index is 0.0968. The number of nitrogen functional groups attached to an aromatic ring is 1. The minimum atomic E-state index is -0.575. The number of rotatable bonds is 7. The Morgan fingerprint density at radius 1 is 1.14 bits per heavy atom. The molecule has 0 saturated carbocycles. The first-order valence-corrected chi connectivity index (χ1v) is 13.4. The maximum absolute atomic E-state index is 14.3. The predicted octanol–water partition coefficient (Wildman–Crippen LogP) is 3.84. The number of fused-ring (bicyclic) bond motifs is 1. The van der Waals surface area contributed by atoms with Crippen LogP contribution >= 0.6 is 0 Å². The molecule has 0 bridgehead atoms. The molecule has 3 heterocycles. The molecule has 0 aliphatic heterocycles. The van der Waals surface area contributed by atoms with Crippen molar-refractivity contribution in [2.75, 3.05) is 17.6 Å². The van der Waals surface area contributed by atoms with Crippen LogP contribution in [0.15, 0.2) is 78.2 Å². The Labute approximate surface area is 243 Å². The number of imidazole rings is 1. The maximum Gasteiger partial charge on any atom is 0.264 e. The van der Waals surface area contributed by atoms with Gasteiger partial charge in [-0.05, 0) is 49.4 Å². The van der Waals surface area contributed by atoms with Crippen molar-refractivity contribution in [2.45, 2.75) is 19.9 Å². The van der Waals surface area contributed by atoms with Gasteiger partial charge in [0.25, 0.3) is 11.5 Å². The number of nitrogens with two attached hydrogens (primary N) is 1. The molecule has 3 aromatic heterocycles. The molecular formula is C32H32N8O2. The second kappa shape index (κ2) is 11.5. The van der Waals surface area contributed by atoms with Crippen molar-refractivity contribution in [1.29, 1.82) is 0 Å². The summed E-state index contributed by atoms with van der Waals surface area (Å²) >= 11 is 0. The van der Waals surface area contributed by atoms with Crippen LogP contribution in [0.5, 0.6) is 0 Å². The first-order chi connectivity index (χ1) is 20.2. The lowest BCUT2D eigenvalue weighted by Crippen LogP contribution is -2.32. The number of nitrogens with one attached hydrogen (secondary N) is 2. The first kappa shape index (κ1) is 28.0. The second-order valence-electron chi connectivity index (χ2n) is 9.91. The fraction of sp³-hybridized carbons (Fsp3) is 0.188. The molecule has 1 atom stereocenters. The molecule has 1 amide bonds. The topological polar surface area (TPSA) is 125 Å². The number of benzene rings is 2. The molecule has 0 saturated heterocycles. The van der Waals surface area contributed by atoms with E-state index in [-0.39, 0.29) is 16.9 Å². The number of aromatic nitrogens is 5. The van der Waals surface area contributed by atoms with E-state index in [1.807, 2.05) is 80.1 Å². The van der Waals surface area contributed by atoms with Crippen LogP contribution in [0.4, 0.5) is 11.6 Å². The zero-order valence-corrected chi connectivity index (χ0v) is 24.0. The summed E-state index contributed by atoms with van der Waals surface area (Å²) < 4.78 is 5.04. The highest BCUT2D eigenvalue weighted by atomic mass is 16.2. The molecule has 10 nitrogen and oxygen atoms in total. The van der Waals surface area contributed by atoms with Crippen LogP contribution in [0.25, 0.3) is 16.5 Å². The van der Waals surface area contributed by atoms with Gasteiger partial charge in [0.2, 0.25) is 0 Å². The lowest BCUT2D eigenvalue weighted by molar-refractivity contribution is 0.0940. The van der Waals surface area contributed by atoms with Crippen LogP contribution < -0.4 is 21.9 Å². The fourth-order valence-electron chi connectivity index (χ4n) is 4.88. The van der Waals surface area contributed by atoms with Crippen molar-refractivity contribution in [3.05, 3.63) is 112 Å². The van der Waals surface area contributed by atoms with E-state index >= 15 is 0 Å². The van der Waals surface area contributed by atoms with E-state index in [1.165, 1.54) is 4.68 Å². The average Bonchev–Trinajstić information content (AvgIpc) is 3.45. The summed E-state index contributed by atoms with van der Waals surface area (Å²) in [6.45, 7) is 7.88. The number of nitrogens with zero attached hydrogens (tertiary/aromatic N) is 5. The van der Waals surface area contributed by atoms with Crippen molar-refractivity contribution in [3.8, 4) is 17.5 Å². The average molecular weight is 561 g/mol. The molecule has 1 unspecified atom stereocenters. The molecule has 2 aromatic carbocycles. The predicted molar refractivity (Wildman–Crippen MR) is 166 cm³/mol. The van der Waals surface area contributed by atoms with Crippen LogP contribution in [0, 0.1) is 18.8 Å². The Bertz CT molecular complexity index is 1940. The summed E-state index contributed by atoms with van der Waals surface area (Å²) in [6.07, 6.45) is 3.39. The van der Waals surface area contributed by atoms with Gasteiger partial charge in [-0.2, -0.15) is 5.10 Å². The van der Waals surface area contributed by atoms with Crippen LogP contribution in [-0.2, 0) is 14.1 Å². The van der Waals surface area contributed by atoms with Crippen LogP contribution in [0.2, 0.25) is 0 Å². The third kappa shape index (κ3) is 5.15. The Morgan fingerprint density at radius 3 is 2.60 bits per heavy atom. The number of hydrogen-bond donors (Lipinski definition) is 3. The number of hydrogen-bond acceptors (Lipinski definition) is 6. The monoisotopic (exact) mass is 560 g/mol. The Kier molecular flexibility index (Phi) is 7.67. The van der Waals surface area contributed by atoms with Gasteiger partial charge in [-0.25, -0.2) is 4.98 Å². The summed E-state index contributed by atoms with van der Waals surface area (Å²) in [7, 11) is 3.60. The van der Waals surface area contributed by atoms with Gasteiger partial charge in [-0.3, -0.25) is 18.8 Å². The quantitative estimate of drug-likeness (QED) is 0.205. The molecule has 0 spiro atoms. The molecule has 4 N–H and O–H groups in total. The highest BCUT2D eigenvalue weighted by Gasteiger charge is 2.25. The van der Waals surface area contributed by atoms with Crippen LogP contribution in [-0.4, -0.2) is 36.4 Å². The summed E-state index contributed by atoms with van der Waals surface area (Å²) in [5, 5.41) is 11.5. The van der Waals surface area contributed by atoms with Gasteiger partial charge >= 0.3 is 0 Å². The number of aryl methyl sites for hydroxylation is 2. The minimum Gasteiger partial charge on any atom is -0.381 e. The van der Waals surface area contributed by atoms with Gasteiger partial charge < -0.3 is 20.9 Å². The molecule has 0 aliphatic rings. The largest absolute Gasteiger partial charge is 0.381 e. The second-order valence-corrected chi connectivity index (χ2v) is 9.91. The number of anilines is 2. The third-order valence-corrected chi connectivity index (χ3v) is 7.14. The molecule has 10 heteroatoms. The first-order valence-electron chi connectivity index (χ1n) is 13.4. The lowest BCUT2D eigenvalue weighted by Gasteiger charge is -2.21. The van der Waals surface area contributed by atoms with E-state index in [2.05, 4.69) is 39.1 Å². The molecule has 0 radical (unpaired) electrons. The van der Waals surface area contributed by atoms with Gasteiger partial charge in [0.15, 0.2) is 5.82 Å². The zero-order chi connectivity index (χ0) is 30.0. The zero-order valence-electron chi connectivity index (χ0n) is 24.0. The molecule has 5 rings (SSSR count). The summed E-state index contributed by atoms with van der Waals surface area (Å²) in [5.41, 5.74) is 8.72. The highest BCUT2D eigenvalue weighted by molar-refractivity contribution is 6.03. The summed E-state index contributed by atoms with van der Waals surface area (Å²) in [5.74, 6) is 7.33. The van der Waals surface area contributed by atoms with Crippen molar-refractivity contribution < 1.29 is 4.79 Å². The summed E-state index contributed by atoms with van der Waals surface area (Å²) in [6, 6.07) is 16.2. The van der Waals surface area contributed by atoms with E-state index in [0.717, 1.165) is 11.5 Å². The molecule has 5 aromatic rings.